The topological polar surface area (TPSA) is 69.6 Å². The van der Waals surface area contributed by atoms with Crippen molar-refractivity contribution in [2.45, 2.75) is 38.6 Å². The molecule has 0 amide bonds. The fourth-order valence-electron chi connectivity index (χ4n) is 3.09. The Morgan fingerprint density at radius 2 is 1.95 bits per heavy atom. The molecule has 3 atom stereocenters. The molecule has 0 radical (unpaired) electrons. The molecule has 1 aromatic carbocycles. The van der Waals surface area contributed by atoms with E-state index in [0.29, 0.717) is 18.4 Å². The first-order valence-corrected chi connectivity index (χ1v) is 7.75. The number of nitrogens with one attached hydrogen (secondary N) is 1. The van der Waals surface area contributed by atoms with Gasteiger partial charge in [-0.05, 0) is 49.3 Å². The summed E-state index contributed by atoms with van der Waals surface area (Å²) in [6.45, 7) is 3.73. The van der Waals surface area contributed by atoms with Gasteiger partial charge in [-0.15, -0.1) is 0 Å². The molecule has 21 heavy (non-hydrogen) atoms. The van der Waals surface area contributed by atoms with Crippen LogP contribution in [0.5, 0.6) is 0 Å². The van der Waals surface area contributed by atoms with Gasteiger partial charge in [-0.3, -0.25) is 4.79 Å². The first-order chi connectivity index (χ1) is 10.1. The number of hydrogen-bond donors (Lipinski definition) is 3. The Morgan fingerprint density at radius 1 is 1.29 bits per heavy atom. The van der Waals surface area contributed by atoms with Gasteiger partial charge in [0.1, 0.15) is 0 Å². The third-order valence-electron chi connectivity index (χ3n) is 4.64. The Kier molecular flexibility index (Phi) is 5.76. The van der Waals surface area contributed by atoms with Gasteiger partial charge in [0, 0.05) is 13.2 Å². The first kappa shape index (κ1) is 16.0. The third-order valence-corrected chi connectivity index (χ3v) is 4.64. The lowest BCUT2D eigenvalue weighted by atomic mass is 9.97. The summed E-state index contributed by atoms with van der Waals surface area (Å²) in [4.78, 5) is 10.9. The molecule has 0 saturated heterocycles. The summed E-state index contributed by atoms with van der Waals surface area (Å²) in [6, 6.07) is 7.75. The quantitative estimate of drug-likeness (QED) is 0.721. The lowest BCUT2D eigenvalue weighted by Crippen LogP contribution is -2.26. The number of aliphatic hydroxyl groups is 1. The van der Waals surface area contributed by atoms with Crippen molar-refractivity contribution in [3.63, 3.8) is 0 Å². The minimum Gasteiger partial charge on any atom is -0.481 e. The molecule has 1 aliphatic carbocycles. The summed E-state index contributed by atoms with van der Waals surface area (Å²) in [5.74, 6) is -0.217. The zero-order chi connectivity index (χ0) is 15.2. The second-order valence-electron chi connectivity index (χ2n) is 6.07. The van der Waals surface area contributed by atoms with Gasteiger partial charge in [-0.25, -0.2) is 0 Å². The number of carbonyl (C=O) groups is 1. The highest BCUT2D eigenvalue weighted by atomic mass is 16.4. The van der Waals surface area contributed by atoms with E-state index in [-0.39, 0.29) is 0 Å². The number of carboxylic acid groups (broad SMARTS) is 1. The van der Waals surface area contributed by atoms with Gasteiger partial charge in [-0.1, -0.05) is 30.7 Å². The predicted molar refractivity (Wildman–Crippen MR) is 82.1 cm³/mol. The van der Waals surface area contributed by atoms with Crippen LogP contribution in [-0.2, 0) is 11.3 Å². The first-order valence-electron chi connectivity index (χ1n) is 7.75. The predicted octanol–water partition coefficient (Wildman–Crippen LogP) is 2.37. The molecule has 0 aromatic heterocycles. The van der Waals surface area contributed by atoms with Crippen LogP contribution in [0, 0.1) is 11.8 Å². The number of carboxylic acids is 1. The van der Waals surface area contributed by atoms with E-state index in [9.17, 15) is 9.90 Å². The standard InChI is InChI=1S/C17H25NO3/c1-12(17(20)21)14-7-5-13(6-8-14)9-18-10-15-3-2-4-16(15)11-19/h5-8,12,15-16,18-19H,2-4,9-11H2,1H3,(H,20,21). The van der Waals surface area contributed by atoms with Gasteiger partial charge in [0.25, 0.3) is 0 Å². The smallest absolute Gasteiger partial charge is 0.310 e. The molecular weight excluding hydrogens is 266 g/mol. The maximum Gasteiger partial charge on any atom is 0.310 e. The number of benzene rings is 1. The van der Waals surface area contributed by atoms with E-state index in [1.807, 2.05) is 24.3 Å². The van der Waals surface area contributed by atoms with Crippen LogP contribution in [-0.4, -0.2) is 29.3 Å². The zero-order valence-electron chi connectivity index (χ0n) is 12.6. The van der Waals surface area contributed by atoms with Crippen molar-refractivity contribution in [3.8, 4) is 0 Å². The molecule has 3 N–H and O–H groups in total. The Labute approximate surface area is 126 Å². The van der Waals surface area contributed by atoms with Crippen molar-refractivity contribution in [1.29, 1.82) is 0 Å². The van der Waals surface area contributed by atoms with Gasteiger partial charge in [0.2, 0.25) is 0 Å². The second-order valence-corrected chi connectivity index (χ2v) is 6.07. The molecule has 1 saturated carbocycles. The van der Waals surface area contributed by atoms with Crippen molar-refractivity contribution < 1.29 is 15.0 Å². The SMILES string of the molecule is CC(C(=O)O)c1ccc(CNCC2CCCC2CO)cc1. The molecule has 4 heteroatoms. The van der Waals surface area contributed by atoms with Crippen molar-refractivity contribution in [2.75, 3.05) is 13.2 Å². The van der Waals surface area contributed by atoms with Crippen LogP contribution in [0.4, 0.5) is 0 Å². The zero-order valence-corrected chi connectivity index (χ0v) is 12.6. The minimum atomic E-state index is -0.794. The van der Waals surface area contributed by atoms with E-state index in [1.165, 1.54) is 12.8 Å². The fraction of sp³-hybridized carbons (Fsp3) is 0.588. The van der Waals surface area contributed by atoms with Crippen LogP contribution in [0.15, 0.2) is 24.3 Å². The summed E-state index contributed by atoms with van der Waals surface area (Å²) in [6.07, 6.45) is 3.57. The van der Waals surface area contributed by atoms with Gasteiger partial charge in [-0.2, -0.15) is 0 Å². The van der Waals surface area contributed by atoms with Crippen molar-refractivity contribution in [1.82, 2.24) is 5.32 Å². The third kappa shape index (κ3) is 4.29. The maximum atomic E-state index is 10.9. The van der Waals surface area contributed by atoms with Gasteiger partial charge in [0.15, 0.2) is 0 Å². The summed E-state index contributed by atoms with van der Waals surface area (Å²) in [5.41, 5.74) is 2.00. The molecule has 0 heterocycles. The Morgan fingerprint density at radius 3 is 2.57 bits per heavy atom. The van der Waals surface area contributed by atoms with Crippen LogP contribution in [0.2, 0.25) is 0 Å². The summed E-state index contributed by atoms with van der Waals surface area (Å²) in [5, 5.41) is 21.7. The lowest BCUT2D eigenvalue weighted by molar-refractivity contribution is -0.138. The van der Waals surface area contributed by atoms with E-state index in [0.717, 1.165) is 30.6 Å². The van der Waals surface area contributed by atoms with Crippen LogP contribution < -0.4 is 5.32 Å². The fourth-order valence-corrected chi connectivity index (χ4v) is 3.09. The molecule has 1 fully saturated rings. The molecule has 1 aliphatic rings. The van der Waals surface area contributed by atoms with E-state index in [4.69, 9.17) is 5.11 Å². The van der Waals surface area contributed by atoms with E-state index in [1.54, 1.807) is 6.92 Å². The van der Waals surface area contributed by atoms with Crippen LogP contribution in [0.25, 0.3) is 0 Å². The monoisotopic (exact) mass is 291 g/mol. The summed E-state index contributed by atoms with van der Waals surface area (Å²) in [7, 11) is 0. The molecule has 1 aromatic rings. The summed E-state index contributed by atoms with van der Waals surface area (Å²) >= 11 is 0. The van der Waals surface area contributed by atoms with Gasteiger partial charge >= 0.3 is 5.97 Å². The average molecular weight is 291 g/mol. The Bertz CT molecular complexity index is 458. The molecule has 0 aliphatic heterocycles. The molecule has 3 unspecified atom stereocenters. The van der Waals surface area contributed by atoms with Crippen LogP contribution >= 0.6 is 0 Å². The highest BCUT2D eigenvalue weighted by Gasteiger charge is 2.25. The highest BCUT2D eigenvalue weighted by molar-refractivity contribution is 5.75. The molecule has 0 bridgehead atoms. The number of rotatable bonds is 7. The van der Waals surface area contributed by atoms with Gasteiger partial charge in [0.05, 0.1) is 5.92 Å². The molecule has 116 valence electrons. The van der Waals surface area contributed by atoms with E-state index >= 15 is 0 Å². The maximum absolute atomic E-state index is 10.9. The van der Waals surface area contributed by atoms with Crippen LogP contribution in [0.1, 0.15) is 43.2 Å². The Hall–Kier alpha value is -1.39. The molecule has 2 rings (SSSR count). The minimum absolute atomic E-state index is 0.300. The molecule has 0 spiro atoms. The number of hydrogen-bond acceptors (Lipinski definition) is 3. The van der Waals surface area contributed by atoms with Crippen molar-refractivity contribution >= 4 is 5.97 Å². The van der Waals surface area contributed by atoms with E-state index < -0.39 is 11.9 Å². The Balaban J connectivity index is 1.80. The van der Waals surface area contributed by atoms with E-state index in [2.05, 4.69) is 5.32 Å². The number of aliphatic hydroxyl groups excluding tert-OH is 1. The normalized spacial score (nSPS) is 23.1. The van der Waals surface area contributed by atoms with Crippen molar-refractivity contribution in [2.24, 2.45) is 11.8 Å². The lowest BCUT2D eigenvalue weighted by Gasteiger charge is -2.18. The van der Waals surface area contributed by atoms with Crippen molar-refractivity contribution in [3.05, 3.63) is 35.4 Å². The molecule has 4 nitrogen and oxygen atoms in total. The largest absolute Gasteiger partial charge is 0.481 e. The number of aliphatic carboxylic acids is 1. The van der Waals surface area contributed by atoms with Crippen LogP contribution in [0.3, 0.4) is 0 Å². The molecular formula is C17H25NO3. The second kappa shape index (κ2) is 7.57. The van der Waals surface area contributed by atoms with Gasteiger partial charge < -0.3 is 15.5 Å². The highest BCUT2D eigenvalue weighted by Crippen LogP contribution is 2.30. The average Bonchev–Trinajstić information content (AvgIpc) is 2.94. The summed E-state index contributed by atoms with van der Waals surface area (Å²) < 4.78 is 0.